The molecule has 3 heterocycles. The first-order valence-electron chi connectivity index (χ1n) is 8.58. The van der Waals surface area contributed by atoms with Crippen molar-refractivity contribution in [1.29, 1.82) is 0 Å². The lowest BCUT2D eigenvalue weighted by molar-refractivity contribution is 0.695. The number of H-pyrrole nitrogens is 1. The predicted octanol–water partition coefficient (Wildman–Crippen LogP) is 3.33. The highest BCUT2D eigenvalue weighted by Gasteiger charge is 2.23. The van der Waals surface area contributed by atoms with Gasteiger partial charge in [-0.25, -0.2) is 9.78 Å². The van der Waals surface area contributed by atoms with E-state index < -0.39 is 0 Å². The number of hydrogen-bond donors (Lipinski definition) is 1. The van der Waals surface area contributed by atoms with Gasteiger partial charge >= 0.3 is 0 Å². The monoisotopic (exact) mass is 369 g/mol. The second-order valence-corrected chi connectivity index (χ2v) is 5.93. The number of nitrogens with zero attached hydrogens (tertiary/aromatic N) is 4. The van der Waals surface area contributed by atoms with Crippen LogP contribution in [0.25, 0.3) is 5.70 Å². The summed E-state index contributed by atoms with van der Waals surface area (Å²) in [6.45, 7) is 5.39. The Morgan fingerprint density at radius 2 is 2.12 bits per heavy atom. The summed E-state index contributed by atoms with van der Waals surface area (Å²) in [5, 5.41) is 10.9. The lowest BCUT2D eigenvalue weighted by Gasteiger charge is -2.29. The number of hydrogen-bond acceptors (Lipinski definition) is 4. The third-order valence-corrected chi connectivity index (χ3v) is 4.47. The van der Waals surface area contributed by atoms with Crippen LogP contribution in [0.5, 0.6) is 0 Å². The molecule has 0 saturated carbocycles. The van der Waals surface area contributed by atoms with Crippen molar-refractivity contribution in [1.82, 2.24) is 20.0 Å². The van der Waals surface area contributed by atoms with Gasteiger partial charge in [-0.3, -0.25) is 4.79 Å². The summed E-state index contributed by atoms with van der Waals surface area (Å²) < 4.78 is 1.96. The zero-order valence-corrected chi connectivity index (χ0v) is 15.5. The summed E-state index contributed by atoms with van der Waals surface area (Å²) in [6.07, 6.45) is 13.9. The molecule has 1 aliphatic heterocycles. The Labute approximate surface area is 156 Å². The molecule has 4 rings (SSSR count). The first-order valence-corrected chi connectivity index (χ1v) is 8.95. The summed E-state index contributed by atoms with van der Waals surface area (Å²) in [5.41, 5.74) is 6.62. The fourth-order valence-corrected chi connectivity index (χ4v) is 3.15. The summed E-state index contributed by atoms with van der Waals surface area (Å²) in [5.74, 6) is 0. The molecule has 2 aliphatic rings. The number of halogens is 1. The molecule has 0 saturated heterocycles. The summed E-state index contributed by atoms with van der Waals surface area (Å²) in [4.78, 5) is 13.7. The van der Waals surface area contributed by atoms with Crippen LogP contribution in [-0.2, 0) is 13.0 Å². The van der Waals surface area contributed by atoms with Gasteiger partial charge in [-0.05, 0) is 24.3 Å². The minimum atomic E-state index is -0.372. The highest BCUT2D eigenvalue weighted by Crippen LogP contribution is 2.28. The second-order valence-electron chi connectivity index (χ2n) is 5.55. The van der Waals surface area contributed by atoms with E-state index in [4.69, 9.17) is 11.6 Å². The molecular weight excluding hydrogens is 350 g/mol. The van der Waals surface area contributed by atoms with Crippen LogP contribution in [0.2, 0.25) is 5.02 Å². The van der Waals surface area contributed by atoms with Gasteiger partial charge in [0.2, 0.25) is 0 Å². The maximum atomic E-state index is 11.7. The van der Waals surface area contributed by atoms with Crippen LogP contribution in [0.1, 0.15) is 25.1 Å². The van der Waals surface area contributed by atoms with Gasteiger partial charge in [0.25, 0.3) is 5.56 Å². The molecule has 2 aromatic rings. The molecule has 1 N–H and O–H groups in total. The summed E-state index contributed by atoms with van der Waals surface area (Å²) in [6, 6.07) is 0. The predicted molar refractivity (Wildman–Crippen MR) is 104 cm³/mol. The van der Waals surface area contributed by atoms with E-state index in [2.05, 4.69) is 25.9 Å². The van der Waals surface area contributed by atoms with Crippen LogP contribution in [-0.4, -0.2) is 26.5 Å². The van der Waals surface area contributed by atoms with Gasteiger partial charge in [0, 0.05) is 25.1 Å². The molecule has 0 amide bonds. The van der Waals surface area contributed by atoms with Crippen molar-refractivity contribution < 1.29 is 0 Å². The molecule has 0 radical (unpaired) electrons. The number of fused-ring (bicyclic) bond motifs is 1. The first-order chi connectivity index (χ1) is 12.7. The topological polar surface area (TPSA) is 66.8 Å². The normalized spacial score (nSPS) is 15.0. The molecule has 0 spiro atoms. The Hall–Kier alpha value is -2.82. The second kappa shape index (κ2) is 8.04. The van der Waals surface area contributed by atoms with Crippen molar-refractivity contribution >= 4 is 23.0 Å². The molecule has 2 aromatic heterocycles. The van der Waals surface area contributed by atoms with Crippen LogP contribution < -0.4 is 10.5 Å². The molecule has 0 atom stereocenters. The molecule has 0 bridgehead atoms. The van der Waals surface area contributed by atoms with Gasteiger partial charge in [-0.15, -0.1) is 5.73 Å². The number of nitrogens with one attached hydrogen (secondary N) is 1. The van der Waals surface area contributed by atoms with E-state index in [1.165, 1.54) is 5.69 Å². The fraction of sp³-hybridized carbons (Fsp3) is 0.263. The number of aromatic nitrogens is 4. The molecule has 0 aromatic carbocycles. The Morgan fingerprint density at radius 1 is 1.27 bits per heavy atom. The van der Waals surface area contributed by atoms with Crippen molar-refractivity contribution in [3.63, 3.8) is 0 Å². The Bertz CT molecular complexity index is 976. The zero-order valence-electron chi connectivity index (χ0n) is 14.7. The standard InChI is InChI=1S/C17H14ClN5O.C2H6/c18-16-15(10-19-21-17(16)24)22-8-7-14-12(11-22)9-20-23(14)13-5-3-1-2-4-6-13;1-2/h1,3-6,9-10H,7-8,11H2,(H,21,24);1-2H3. The Balaban J connectivity index is 0.000000948. The Morgan fingerprint density at radius 3 is 2.96 bits per heavy atom. The van der Waals surface area contributed by atoms with Crippen LogP contribution in [0.3, 0.4) is 0 Å². The number of rotatable bonds is 2. The minimum Gasteiger partial charge on any atom is -0.364 e. The highest BCUT2D eigenvalue weighted by molar-refractivity contribution is 6.33. The van der Waals surface area contributed by atoms with Gasteiger partial charge in [0.15, 0.2) is 0 Å². The molecule has 7 heteroatoms. The molecule has 6 nitrogen and oxygen atoms in total. The SMILES string of the molecule is CC.O=c1[nH]ncc(N2CCc3c(cnn3C3=CC=C=CC=C3)C2)c1Cl. The van der Waals surface area contributed by atoms with Crippen molar-refractivity contribution in [3.05, 3.63) is 75.1 Å². The van der Waals surface area contributed by atoms with Crippen LogP contribution in [0.4, 0.5) is 5.69 Å². The summed E-state index contributed by atoms with van der Waals surface area (Å²) >= 11 is 6.12. The lowest BCUT2D eigenvalue weighted by Crippen LogP contribution is -2.32. The van der Waals surface area contributed by atoms with E-state index in [1.807, 2.05) is 55.1 Å². The van der Waals surface area contributed by atoms with Crippen LogP contribution in [0.15, 0.2) is 53.3 Å². The minimum absolute atomic E-state index is 0.173. The highest BCUT2D eigenvalue weighted by atomic mass is 35.5. The van der Waals surface area contributed by atoms with Crippen molar-refractivity contribution in [2.45, 2.75) is 26.8 Å². The Kier molecular flexibility index (Phi) is 5.56. The van der Waals surface area contributed by atoms with Gasteiger partial charge in [-0.2, -0.15) is 10.2 Å². The van der Waals surface area contributed by atoms with Crippen molar-refractivity contribution in [3.8, 4) is 0 Å². The third-order valence-electron chi connectivity index (χ3n) is 4.11. The quantitative estimate of drug-likeness (QED) is 0.824. The third kappa shape index (κ3) is 3.43. The van der Waals surface area contributed by atoms with Crippen LogP contribution >= 0.6 is 11.6 Å². The lowest BCUT2D eigenvalue weighted by atomic mass is 10.1. The zero-order chi connectivity index (χ0) is 18.5. The van der Waals surface area contributed by atoms with Gasteiger partial charge < -0.3 is 4.90 Å². The number of aromatic amines is 1. The maximum absolute atomic E-state index is 11.7. The van der Waals surface area contributed by atoms with E-state index in [0.717, 1.165) is 24.2 Å². The van der Waals surface area contributed by atoms with Gasteiger partial charge in [0.05, 0.1) is 29.5 Å². The average Bonchev–Trinajstić information content (AvgIpc) is 2.90. The van der Waals surface area contributed by atoms with Gasteiger partial charge in [-0.1, -0.05) is 31.5 Å². The van der Waals surface area contributed by atoms with E-state index in [-0.39, 0.29) is 10.6 Å². The molecule has 0 unspecified atom stereocenters. The molecule has 1 aliphatic carbocycles. The van der Waals surface area contributed by atoms with E-state index in [1.54, 1.807) is 6.20 Å². The van der Waals surface area contributed by atoms with Crippen LogP contribution in [0, 0.1) is 0 Å². The molecule has 134 valence electrons. The largest absolute Gasteiger partial charge is 0.364 e. The smallest absolute Gasteiger partial charge is 0.285 e. The van der Waals surface area contributed by atoms with Gasteiger partial charge in [0.1, 0.15) is 5.02 Å². The maximum Gasteiger partial charge on any atom is 0.285 e. The molecular formula is C19H20ClN5O. The number of anilines is 1. The molecule has 26 heavy (non-hydrogen) atoms. The van der Waals surface area contributed by atoms with Crippen molar-refractivity contribution in [2.75, 3.05) is 11.4 Å². The number of allylic oxidation sites excluding steroid dienone is 5. The average molecular weight is 370 g/mol. The summed E-state index contributed by atoms with van der Waals surface area (Å²) in [7, 11) is 0. The van der Waals surface area contributed by atoms with E-state index >= 15 is 0 Å². The van der Waals surface area contributed by atoms with E-state index in [0.29, 0.717) is 12.2 Å². The fourth-order valence-electron chi connectivity index (χ4n) is 2.94. The van der Waals surface area contributed by atoms with Crippen molar-refractivity contribution in [2.24, 2.45) is 0 Å². The first kappa shape index (κ1) is 18.0. The van der Waals surface area contributed by atoms with E-state index in [9.17, 15) is 4.79 Å². The molecule has 0 fully saturated rings.